The van der Waals surface area contributed by atoms with Gasteiger partial charge in [0, 0.05) is 11.6 Å². The summed E-state index contributed by atoms with van der Waals surface area (Å²) in [6.07, 6.45) is 13.6. The summed E-state index contributed by atoms with van der Waals surface area (Å²) in [7, 11) is 0. The predicted octanol–water partition coefficient (Wildman–Crippen LogP) is 2.72. The molecule has 0 saturated heterocycles. The predicted molar refractivity (Wildman–Crippen MR) is 86.5 cm³/mol. The fraction of sp³-hybridized carbons (Fsp3) is 0.0556. The zero-order valence-electron chi connectivity index (χ0n) is 11.6. The van der Waals surface area contributed by atoms with Crippen molar-refractivity contribution < 1.29 is 4.42 Å². The van der Waals surface area contributed by atoms with Crippen molar-refractivity contribution in [3.8, 4) is 0 Å². The minimum Gasteiger partial charge on any atom is -0.456 e. The Morgan fingerprint density at radius 2 is 1.85 bits per heavy atom. The van der Waals surface area contributed by atoms with Crippen LogP contribution in [0.2, 0.25) is 0 Å². The lowest BCUT2D eigenvalue weighted by Gasteiger charge is -2.01. The standard InChI is InChI=1S/C18H18O2/c1-5-9-14(10-6-2)18-13-16(19)15(11-7-3)17(20-18)12-8-4/h5-13H,1,3-4H2,2H3/b10-6-,14-9+,15-11-,17-12+. The van der Waals surface area contributed by atoms with E-state index in [0.717, 1.165) is 5.57 Å². The summed E-state index contributed by atoms with van der Waals surface area (Å²) in [5, 5.41) is 0.460. The molecule has 1 heterocycles. The first-order valence-corrected chi connectivity index (χ1v) is 6.23. The lowest BCUT2D eigenvalue weighted by molar-refractivity contribution is 0.496. The van der Waals surface area contributed by atoms with Crippen LogP contribution in [-0.2, 0) is 0 Å². The van der Waals surface area contributed by atoms with Crippen LogP contribution in [0.4, 0.5) is 0 Å². The van der Waals surface area contributed by atoms with Crippen molar-refractivity contribution in [2.45, 2.75) is 6.92 Å². The molecular formula is C18H18O2. The molecule has 20 heavy (non-hydrogen) atoms. The van der Waals surface area contributed by atoms with Gasteiger partial charge in [0.15, 0.2) is 5.43 Å². The molecule has 0 spiro atoms. The third-order valence-corrected chi connectivity index (χ3v) is 2.49. The van der Waals surface area contributed by atoms with E-state index in [1.54, 1.807) is 36.5 Å². The van der Waals surface area contributed by atoms with Crippen LogP contribution in [-0.4, -0.2) is 0 Å². The van der Waals surface area contributed by atoms with E-state index in [1.807, 2.05) is 19.1 Å². The van der Waals surface area contributed by atoms with Crippen LogP contribution < -0.4 is 16.1 Å². The summed E-state index contributed by atoms with van der Waals surface area (Å²) in [4.78, 5) is 12.2. The number of allylic oxidation sites excluding steroid dienone is 7. The maximum Gasteiger partial charge on any atom is 0.193 e. The molecule has 0 saturated carbocycles. The van der Waals surface area contributed by atoms with Gasteiger partial charge in [-0.25, -0.2) is 0 Å². The van der Waals surface area contributed by atoms with Gasteiger partial charge < -0.3 is 4.42 Å². The van der Waals surface area contributed by atoms with Gasteiger partial charge >= 0.3 is 0 Å². The Morgan fingerprint density at radius 1 is 1.15 bits per heavy atom. The molecule has 0 aliphatic carbocycles. The molecule has 1 rings (SSSR count). The minimum absolute atomic E-state index is 0.126. The van der Waals surface area contributed by atoms with E-state index in [2.05, 4.69) is 19.7 Å². The van der Waals surface area contributed by atoms with Gasteiger partial charge in [0.1, 0.15) is 11.2 Å². The molecule has 0 aromatic carbocycles. The molecule has 0 atom stereocenters. The number of hydrogen-bond donors (Lipinski definition) is 0. The molecule has 0 fully saturated rings. The molecule has 0 N–H and O–H groups in total. The molecule has 1 aromatic rings. The maximum absolute atomic E-state index is 12.2. The summed E-state index contributed by atoms with van der Waals surface area (Å²) in [5.74, 6) is 0.488. The Morgan fingerprint density at radius 3 is 2.40 bits per heavy atom. The molecule has 0 aliphatic heterocycles. The van der Waals surface area contributed by atoms with E-state index in [-0.39, 0.29) is 5.43 Å². The topological polar surface area (TPSA) is 30.2 Å². The first-order valence-electron chi connectivity index (χ1n) is 6.23. The van der Waals surface area contributed by atoms with E-state index in [0.29, 0.717) is 16.4 Å². The first kappa shape index (κ1) is 15.4. The SMILES string of the molecule is C=C/C=C(\C=C/C)c1cc(=O)c(=C/C=C)/c(=C\C=C)o1. The van der Waals surface area contributed by atoms with Crippen LogP contribution in [0.3, 0.4) is 0 Å². The van der Waals surface area contributed by atoms with Gasteiger partial charge in [0.05, 0.1) is 5.22 Å². The van der Waals surface area contributed by atoms with E-state index in [1.165, 1.54) is 6.07 Å². The van der Waals surface area contributed by atoms with Gasteiger partial charge in [-0.1, -0.05) is 56.2 Å². The summed E-state index contributed by atoms with van der Waals surface area (Å²) in [5.41, 5.74) is 1.11. The van der Waals surface area contributed by atoms with Crippen LogP contribution in [0.1, 0.15) is 12.7 Å². The highest BCUT2D eigenvalue weighted by atomic mass is 16.3. The van der Waals surface area contributed by atoms with Gasteiger partial charge in [-0.15, -0.1) is 0 Å². The van der Waals surface area contributed by atoms with Crippen molar-refractivity contribution in [2.75, 3.05) is 0 Å². The highest BCUT2D eigenvalue weighted by Gasteiger charge is 2.03. The average Bonchev–Trinajstić information content (AvgIpc) is 2.42. The molecular weight excluding hydrogens is 248 g/mol. The van der Waals surface area contributed by atoms with Gasteiger partial charge in [0.2, 0.25) is 0 Å². The van der Waals surface area contributed by atoms with Gasteiger partial charge in [0.25, 0.3) is 0 Å². The van der Waals surface area contributed by atoms with Gasteiger partial charge in [-0.05, 0) is 19.1 Å². The number of rotatable bonds is 5. The van der Waals surface area contributed by atoms with E-state index >= 15 is 0 Å². The zero-order chi connectivity index (χ0) is 15.0. The molecule has 102 valence electrons. The van der Waals surface area contributed by atoms with Crippen LogP contribution >= 0.6 is 0 Å². The molecule has 0 unspecified atom stereocenters. The fourth-order valence-corrected chi connectivity index (χ4v) is 1.70. The normalized spacial score (nSPS) is 13.8. The van der Waals surface area contributed by atoms with Gasteiger partial charge in [-0.2, -0.15) is 0 Å². The zero-order valence-corrected chi connectivity index (χ0v) is 11.6. The van der Waals surface area contributed by atoms with Crippen LogP contribution in [0, 0.1) is 0 Å². The van der Waals surface area contributed by atoms with Crippen molar-refractivity contribution in [2.24, 2.45) is 0 Å². The Hall–Kier alpha value is -2.61. The third kappa shape index (κ3) is 3.69. The minimum atomic E-state index is -0.126. The van der Waals surface area contributed by atoms with Crippen molar-refractivity contribution >= 4 is 17.7 Å². The smallest absolute Gasteiger partial charge is 0.193 e. The second-order valence-corrected chi connectivity index (χ2v) is 3.92. The monoisotopic (exact) mass is 266 g/mol. The third-order valence-electron chi connectivity index (χ3n) is 2.49. The molecule has 0 aliphatic rings. The fourth-order valence-electron chi connectivity index (χ4n) is 1.70. The molecule has 2 nitrogen and oxygen atoms in total. The number of hydrogen-bond acceptors (Lipinski definition) is 2. The van der Waals surface area contributed by atoms with Crippen molar-refractivity contribution in [3.05, 3.63) is 88.9 Å². The Labute approximate surface area is 118 Å². The Bertz CT molecular complexity index is 741. The summed E-state index contributed by atoms with van der Waals surface area (Å²) in [6, 6.07) is 1.46. The maximum atomic E-state index is 12.2. The second kappa shape index (κ2) is 7.74. The van der Waals surface area contributed by atoms with E-state index < -0.39 is 0 Å². The lowest BCUT2D eigenvalue weighted by Crippen LogP contribution is -2.38. The van der Waals surface area contributed by atoms with Crippen molar-refractivity contribution in [1.29, 1.82) is 0 Å². The Kier molecular flexibility index (Phi) is 5.98. The average molecular weight is 266 g/mol. The Balaban J connectivity index is 3.75. The van der Waals surface area contributed by atoms with Gasteiger partial charge in [-0.3, -0.25) is 4.79 Å². The highest BCUT2D eigenvalue weighted by Crippen LogP contribution is 2.12. The van der Waals surface area contributed by atoms with Crippen molar-refractivity contribution in [3.63, 3.8) is 0 Å². The molecule has 2 heteroatoms. The molecule has 1 aromatic heterocycles. The summed E-state index contributed by atoms with van der Waals surface area (Å²) >= 11 is 0. The van der Waals surface area contributed by atoms with Crippen molar-refractivity contribution in [1.82, 2.24) is 0 Å². The summed E-state index contributed by atoms with van der Waals surface area (Å²) in [6.45, 7) is 12.8. The van der Waals surface area contributed by atoms with Crippen LogP contribution in [0.15, 0.2) is 71.5 Å². The van der Waals surface area contributed by atoms with E-state index in [4.69, 9.17) is 4.42 Å². The second-order valence-electron chi connectivity index (χ2n) is 3.92. The first-order chi connectivity index (χ1) is 9.67. The molecule has 0 bridgehead atoms. The quantitative estimate of drug-likeness (QED) is 0.767. The lowest BCUT2D eigenvalue weighted by atomic mass is 10.1. The summed E-state index contributed by atoms with van der Waals surface area (Å²) < 4.78 is 5.78. The van der Waals surface area contributed by atoms with Crippen LogP contribution in [0.5, 0.6) is 0 Å². The van der Waals surface area contributed by atoms with E-state index in [9.17, 15) is 4.79 Å². The van der Waals surface area contributed by atoms with Crippen LogP contribution in [0.25, 0.3) is 17.7 Å². The largest absolute Gasteiger partial charge is 0.456 e. The highest BCUT2D eigenvalue weighted by molar-refractivity contribution is 5.71. The molecule has 0 radical (unpaired) electrons. The molecule has 0 amide bonds.